The van der Waals surface area contributed by atoms with E-state index in [-0.39, 0.29) is 21.5 Å². The van der Waals surface area contributed by atoms with Crippen LogP contribution in [0, 0.1) is 11.6 Å². The zero-order chi connectivity index (χ0) is 15.6. The second-order valence-electron chi connectivity index (χ2n) is 4.27. The maximum atomic E-state index is 14.0. The summed E-state index contributed by atoms with van der Waals surface area (Å²) in [6.07, 6.45) is 1.34. The predicted octanol–water partition coefficient (Wildman–Crippen LogP) is 4.18. The van der Waals surface area contributed by atoms with E-state index < -0.39 is 17.7 Å². The van der Waals surface area contributed by atoms with Crippen LogP contribution in [0.4, 0.5) is 8.78 Å². The van der Waals surface area contributed by atoms with E-state index in [0.717, 1.165) is 0 Å². The van der Waals surface area contributed by atoms with Gasteiger partial charge in [0.1, 0.15) is 11.6 Å². The van der Waals surface area contributed by atoms with Crippen molar-refractivity contribution in [2.45, 2.75) is 12.5 Å². The maximum absolute atomic E-state index is 14.0. The summed E-state index contributed by atoms with van der Waals surface area (Å²) in [7, 11) is 0. The van der Waals surface area contributed by atoms with Gasteiger partial charge in [-0.05, 0) is 34.1 Å². The maximum Gasteiger partial charge on any atom is 0.143 e. The molecule has 0 saturated heterocycles. The number of nitrogens with one attached hydrogen (secondary N) is 1. The van der Waals surface area contributed by atoms with E-state index >= 15 is 0 Å². The van der Waals surface area contributed by atoms with Crippen molar-refractivity contribution in [2.24, 2.45) is 5.84 Å². The molecule has 1 atom stereocenters. The number of nitrogens with zero attached hydrogens (tertiary/aromatic N) is 1. The molecule has 0 fully saturated rings. The highest BCUT2D eigenvalue weighted by molar-refractivity contribution is 9.10. The Kier molecular flexibility index (Phi) is 5.51. The number of hydrogen-bond donors (Lipinski definition) is 2. The van der Waals surface area contributed by atoms with Gasteiger partial charge in [0.2, 0.25) is 0 Å². The van der Waals surface area contributed by atoms with Gasteiger partial charge in [0.25, 0.3) is 0 Å². The SMILES string of the molecule is NNC(Cc1c(F)ccc(Br)c1F)c1ncc(Cl)cc1Cl. The highest BCUT2D eigenvalue weighted by Gasteiger charge is 2.21. The number of hydrogen-bond acceptors (Lipinski definition) is 3. The lowest BCUT2D eigenvalue weighted by Gasteiger charge is -2.18. The smallest absolute Gasteiger partial charge is 0.143 e. The third-order valence-corrected chi connectivity index (χ3v) is 4.04. The first-order valence-electron chi connectivity index (χ1n) is 5.83. The molecule has 0 saturated carbocycles. The molecule has 8 heteroatoms. The molecule has 1 aromatic heterocycles. The van der Waals surface area contributed by atoms with Gasteiger partial charge in [-0.2, -0.15) is 0 Å². The third kappa shape index (κ3) is 3.70. The lowest BCUT2D eigenvalue weighted by atomic mass is 10.0. The van der Waals surface area contributed by atoms with Gasteiger partial charge in [-0.15, -0.1) is 0 Å². The molecule has 1 unspecified atom stereocenters. The number of hydrazine groups is 1. The minimum absolute atomic E-state index is 0.0536. The molecule has 3 nitrogen and oxygen atoms in total. The van der Waals surface area contributed by atoms with Gasteiger partial charge in [-0.1, -0.05) is 23.2 Å². The average molecular weight is 397 g/mol. The fraction of sp³-hybridized carbons (Fsp3) is 0.154. The molecule has 1 heterocycles. The van der Waals surface area contributed by atoms with Gasteiger partial charge >= 0.3 is 0 Å². The quantitative estimate of drug-likeness (QED) is 0.463. The lowest BCUT2D eigenvalue weighted by molar-refractivity contribution is 0.491. The van der Waals surface area contributed by atoms with Gasteiger partial charge in [0, 0.05) is 18.2 Å². The van der Waals surface area contributed by atoms with E-state index in [1.807, 2.05) is 0 Å². The lowest BCUT2D eigenvalue weighted by Crippen LogP contribution is -2.31. The monoisotopic (exact) mass is 395 g/mol. The highest BCUT2D eigenvalue weighted by Crippen LogP contribution is 2.29. The van der Waals surface area contributed by atoms with Gasteiger partial charge in [0.15, 0.2) is 0 Å². The summed E-state index contributed by atoms with van der Waals surface area (Å²) in [5.41, 5.74) is 2.71. The summed E-state index contributed by atoms with van der Waals surface area (Å²) in [6.45, 7) is 0. The Labute approximate surface area is 138 Å². The molecule has 0 spiro atoms. The Bertz CT molecular complexity index is 670. The van der Waals surface area contributed by atoms with Gasteiger partial charge in [-0.3, -0.25) is 16.3 Å². The predicted molar refractivity (Wildman–Crippen MR) is 82.1 cm³/mol. The van der Waals surface area contributed by atoms with Crippen LogP contribution in [0.2, 0.25) is 10.0 Å². The summed E-state index contributed by atoms with van der Waals surface area (Å²) < 4.78 is 28.0. The summed E-state index contributed by atoms with van der Waals surface area (Å²) in [5.74, 6) is 4.11. The molecule has 0 bridgehead atoms. The molecule has 1 aromatic carbocycles. The van der Waals surface area contributed by atoms with E-state index in [1.165, 1.54) is 24.4 Å². The standard InChI is InChI=1S/C13H10BrCl2F2N3/c14-8-1-2-10(17)7(12(8)18)4-11(21-19)13-9(16)3-6(15)5-20-13/h1-3,5,11,21H,4,19H2. The second-order valence-corrected chi connectivity index (χ2v) is 5.96. The fourth-order valence-electron chi connectivity index (χ4n) is 1.88. The van der Waals surface area contributed by atoms with Crippen molar-refractivity contribution < 1.29 is 8.78 Å². The molecule has 0 aliphatic rings. The van der Waals surface area contributed by atoms with Gasteiger partial charge in [0.05, 0.1) is 26.3 Å². The topological polar surface area (TPSA) is 50.9 Å². The first-order chi connectivity index (χ1) is 9.93. The molecular weight excluding hydrogens is 387 g/mol. The molecule has 2 rings (SSSR count). The molecule has 3 N–H and O–H groups in total. The fourth-order valence-corrected chi connectivity index (χ4v) is 2.76. The van der Waals surface area contributed by atoms with Gasteiger partial charge in [-0.25, -0.2) is 8.78 Å². The number of benzene rings is 1. The number of pyridine rings is 1. The van der Waals surface area contributed by atoms with Crippen LogP contribution in [0.1, 0.15) is 17.3 Å². The van der Waals surface area contributed by atoms with E-state index in [2.05, 4.69) is 26.3 Å². The van der Waals surface area contributed by atoms with Crippen molar-refractivity contribution in [3.8, 4) is 0 Å². The number of halogens is 5. The van der Waals surface area contributed by atoms with E-state index in [1.54, 1.807) is 0 Å². The zero-order valence-corrected chi connectivity index (χ0v) is 13.6. The van der Waals surface area contributed by atoms with Gasteiger partial charge < -0.3 is 0 Å². The number of nitrogens with two attached hydrogens (primary N) is 1. The van der Waals surface area contributed by atoms with E-state index in [0.29, 0.717) is 10.7 Å². The Balaban J connectivity index is 2.38. The number of aromatic nitrogens is 1. The molecule has 112 valence electrons. The highest BCUT2D eigenvalue weighted by atomic mass is 79.9. The minimum atomic E-state index is -0.680. The van der Waals surface area contributed by atoms with Crippen LogP contribution in [0.25, 0.3) is 0 Å². The van der Waals surface area contributed by atoms with E-state index in [4.69, 9.17) is 29.0 Å². The molecule has 0 aliphatic carbocycles. The molecule has 2 aromatic rings. The van der Waals surface area contributed by atoms with E-state index in [9.17, 15) is 8.78 Å². The van der Waals surface area contributed by atoms with Crippen LogP contribution in [0.3, 0.4) is 0 Å². The largest absolute Gasteiger partial charge is 0.271 e. The second kappa shape index (κ2) is 6.98. The van der Waals surface area contributed by atoms with Crippen LogP contribution < -0.4 is 11.3 Å². The van der Waals surface area contributed by atoms with Crippen molar-refractivity contribution in [2.75, 3.05) is 0 Å². The minimum Gasteiger partial charge on any atom is -0.271 e. The number of rotatable bonds is 4. The Morgan fingerprint density at radius 3 is 2.67 bits per heavy atom. The summed E-state index contributed by atoms with van der Waals surface area (Å²) in [6, 6.07) is 3.30. The molecule has 21 heavy (non-hydrogen) atoms. The van der Waals surface area contributed by atoms with Crippen LogP contribution in [0.5, 0.6) is 0 Å². The summed E-state index contributed by atoms with van der Waals surface area (Å²) in [4.78, 5) is 4.06. The van der Waals surface area contributed by atoms with Crippen LogP contribution in [0.15, 0.2) is 28.9 Å². The van der Waals surface area contributed by atoms with Crippen LogP contribution in [-0.4, -0.2) is 4.98 Å². The Morgan fingerprint density at radius 2 is 2.05 bits per heavy atom. The van der Waals surface area contributed by atoms with Crippen molar-refractivity contribution in [1.82, 2.24) is 10.4 Å². The summed E-state index contributed by atoms with van der Waals surface area (Å²) in [5, 5.41) is 0.626. The summed E-state index contributed by atoms with van der Waals surface area (Å²) >= 11 is 14.8. The average Bonchev–Trinajstić information content (AvgIpc) is 2.44. The normalized spacial score (nSPS) is 12.5. The van der Waals surface area contributed by atoms with Crippen LogP contribution in [-0.2, 0) is 6.42 Å². The zero-order valence-electron chi connectivity index (χ0n) is 10.5. The first-order valence-corrected chi connectivity index (χ1v) is 7.38. The van der Waals surface area contributed by atoms with Crippen molar-refractivity contribution >= 4 is 39.1 Å². The third-order valence-electron chi connectivity index (χ3n) is 2.91. The Morgan fingerprint density at radius 1 is 1.33 bits per heavy atom. The van der Waals surface area contributed by atoms with Crippen molar-refractivity contribution in [1.29, 1.82) is 0 Å². The molecule has 0 amide bonds. The van der Waals surface area contributed by atoms with Crippen LogP contribution >= 0.6 is 39.1 Å². The molecular formula is C13H10BrCl2F2N3. The molecule has 0 radical (unpaired) electrons. The van der Waals surface area contributed by atoms with Crippen molar-refractivity contribution in [3.63, 3.8) is 0 Å². The van der Waals surface area contributed by atoms with Crippen molar-refractivity contribution in [3.05, 3.63) is 61.8 Å². The molecule has 0 aliphatic heterocycles. The Hall–Kier alpha value is -0.790. The first kappa shape index (κ1) is 16.6.